The van der Waals surface area contributed by atoms with Crippen LogP contribution in [0.4, 0.5) is 0 Å². The van der Waals surface area contributed by atoms with Gasteiger partial charge < -0.3 is 0 Å². The van der Waals surface area contributed by atoms with Crippen LogP contribution in [0, 0.1) is 0 Å². The summed E-state index contributed by atoms with van der Waals surface area (Å²) in [5.41, 5.74) is 1.30. The van der Waals surface area contributed by atoms with Crippen molar-refractivity contribution in [3.8, 4) is 0 Å². The van der Waals surface area contributed by atoms with Crippen LogP contribution in [0.5, 0.6) is 0 Å². The molecule has 0 amide bonds. The van der Waals surface area contributed by atoms with Gasteiger partial charge in [0.1, 0.15) is 4.90 Å². The fourth-order valence-electron chi connectivity index (χ4n) is 1.34. The second kappa shape index (κ2) is 4.80. The van der Waals surface area contributed by atoms with Gasteiger partial charge in [-0.2, -0.15) is 8.42 Å². The molecule has 0 saturated heterocycles. The lowest BCUT2D eigenvalue weighted by atomic mass is 10.1. The molecule has 0 aliphatic carbocycles. The van der Waals surface area contributed by atoms with E-state index in [1.165, 1.54) is 6.07 Å². The Morgan fingerprint density at radius 3 is 2.38 bits per heavy atom. The zero-order chi connectivity index (χ0) is 12.3. The lowest BCUT2D eigenvalue weighted by Gasteiger charge is -2.12. The first-order chi connectivity index (χ1) is 7.34. The van der Waals surface area contributed by atoms with Crippen molar-refractivity contribution in [3.05, 3.63) is 36.4 Å². The summed E-state index contributed by atoms with van der Waals surface area (Å²) in [5, 5.41) is 0. The first kappa shape index (κ1) is 12.9. The monoisotopic (exact) mass is 240 g/mol. The van der Waals surface area contributed by atoms with Crippen LogP contribution >= 0.6 is 0 Å². The molecule has 88 valence electrons. The molecule has 1 rings (SSSR count). The number of rotatable bonds is 4. The molecule has 0 unspecified atom stereocenters. The number of hydrogen-bond donors (Lipinski definition) is 0. The highest BCUT2D eigenvalue weighted by molar-refractivity contribution is 7.86. The van der Waals surface area contributed by atoms with Gasteiger partial charge in [-0.15, -0.1) is 0 Å². The van der Waals surface area contributed by atoms with Crippen molar-refractivity contribution >= 4 is 15.7 Å². The van der Waals surface area contributed by atoms with Gasteiger partial charge >= 0.3 is 0 Å². The van der Waals surface area contributed by atoms with Gasteiger partial charge in [0, 0.05) is 0 Å². The normalized spacial score (nSPS) is 11.8. The standard InChI is InChI=1S/C12H16O3S/c1-9(2)11-7-5-6-8-12(11)16(13,14)15-10(3)4/h5-8,10H,1H2,2-4H3. The Labute approximate surface area is 96.9 Å². The van der Waals surface area contributed by atoms with Crippen LogP contribution in [0.1, 0.15) is 26.3 Å². The van der Waals surface area contributed by atoms with E-state index in [2.05, 4.69) is 6.58 Å². The minimum absolute atomic E-state index is 0.177. The zero-order valence-corrected chi connectivity index (χ0v) is 10.5. The van der Waals surface area contributed by atoms with E-state index in [9.17, 15) is 8.42 Å². The quantitative estimate of drug-likeness (QED) is 0.760. The first-order valence-corrected chi connectivity index (χ1v) is 6.43. The fourth-order valence-corrected chi connectivity index (χ4v) is 2.71. The third-order valence-electron chi connectivity index (χ3n) is 1.94. The van der Waals surface area contributed by atoms with E-state index in [4.69, 9.17) is 4.18 Å². The highest BCUT2D eigenvalue weighted by atomic mass is 32.2. The topological polar surface area (TPSA) is 43.4 Å². The van der Waals surface area contributed by atoms with Crippen LogP contribution in [0.2, 0.25) is 0 Å². The molecule has 0 radical (unpaired) electrons. The molecule has 0 aliphatic rings. The van der Waals surface area contributed by atoms with E-state index in [0.29, 0.717) is 11.1 Å². The predicted octanol–water partition coefficient (Wildman–Crippen LogP) is 2.83. The maximum absolute atomic E-state index is 11.9. The molecule has 0 aromatic heterocycles. The maximum Gasteiger partial charge on any atom is 0.297 e. The Morgan fingerprint density at radius 2 is 1.88 bits per heavy atom. The summed E-state index contributed by atoms with van der Waals surface area (Å²) in [6.45, 7) is 8.89. The highest BCUT2D eigenvalue weighted by Gasteiger charge is 2.20. The van der Waals surface area contributed by atoms with E-state index in [-0.39, 0.29) is 11.0 Å². The van der Waals surface area contributed by atoms with Gasteiger partial charge in [-0.1, -0.05) is 24.8 Å². The van der Waals surface area contributed by atoms with Crippen LogP contribution < -0.4 is 0 Å². The Hall–Kier alpha value is -1.13. The molecule has 1 aromatic rings. The molecular weight excluding hydrogens is 224 g/mol. The van der Waals surface area contributed by atoms with Gasteiger partial charge in [0.25, 0.3) is 10.1 Å². The molecular formula is C12H16O3S. The number of hydrogen-bond acceptors (Lipinski definition) is 3. The largest absolute Gasteiger partial charge is 0.297 e. The van der Waals surface area contributed by atoms with Crippen LogP contribution in [0.25, 0.3) is 5.57 Å². The molecule has 0 bridgehead atoms. The van der Waals surface area contributed by atoms with Gasteiger partial charge in [0.05, 0.1) is 6.10 Å². The average Bonchev–Trinajstić information content (AvgIpc) is 2.15. The van der Waals surface area contributed by atoms with Crippen molar-refractivity contribution in [2.45, 2.75) is 31.8 Å². The molecule has 1 aromatic carbocycles. The molecule has 3 nitrogen and oxygen atoms in total. The van der Waals surface area contributed by atoms with Crippen molar-refractivity contribution in [1.82, 2.24) is 0 Å². The van der Waals surface area contributed by atoms with Gasteiger partial charge in [-0.05, 0) is 38.0 Å². The van der Waals surface area contributed by atoms with Crippen LogP contribution in [0.15, 0.2) is 35.7 Å². The SMILES string of the molecule is C=C(C)c1ccccc1S(=O)(=O)OC(C)C. The summed E-state index contributed by atoms with van der Waals surface area (Å²) in [6, 6.07) is 6.70. The van der Waals surface area contributed by atoms with Crippen LogP contribution in [-0.2, 0) is 14.3 Å². The second-order valence-electron chi connectivity index (χ2n) is 3.88. The molecule has 0 saturated carbocycles. The van der Waals surface area contributed by atoms with E-state index < -0.39 is 10.1 Å². The van der Waals surface area contributed by atoms with Gasteiger partial charge in [-0.3, -0.25) is 4.18 Å². The lowest BCUT2D eigenvalue weighted by Crippen LogP contribution is -2.13. The molecule has 16 heavy (non-hydrogen) atoms. The Morgan fingerprint density at radius 1 is 1.31 bits per heavy atom. The second-order valence-corrected chi connectivity index (χ2v) is 5.42. The van der Waals surface area contributed by atoms with Crippen molar-refractivity contribution in [3.63, 3.8) is 0 Å². The summed E-state index contributed by atoms with van der Waals surface area (Å²) in [7, 11) is -3.70. The minimum Gasteiger partial charge on any atom is -0.264 e. The molecule has 0 atom stereocenters. The Bertz CT molecular complexity index is 487. The van der Waals surface area contributed by atoms with E-state index in [0.717, 1.165) is 0 Å². The summed E-state index contributed by atoms with van der Waals surface area (Å²) < 4.78 is 28.8. The number of allylic oxidation sites excluding steroid dienone is 1. The fraction of sp³-hybridized carbons (Fsp3) is 0.333. The first-order valence-electron chi connectivity index (χ1n) is 5.03. The van der Waals surface area contributed by atoms with Crippen molar-refractivity contribution in [1.29, 1.82) is 0 Å². The summed E-state index contributed by atoms with van der Waals surface area (Å²) >= 11 is 0. The Balaban J connectivity index is 3.28. The van der Waals surface area contributed by atoms with Crippen LogP contribution in [0.3, 0.4) is 0 Å². The summed E-state index contributed by atoms with van der Waals surface area (Å²) in [5.74, 6) is 0. The average molecular weight is 240 g/mol. The third-order valence-corrected chi connectivity index (χ3v) is 3.47. The molecule has 0 aliphatic heterocycles. The van der Waals surface area contributed by atoms with Gasteiger partial charge in [0.15, 0.2) is 0 Å². The zero-order valence-electron chi connectivity index (χ0n) is 9.73. The molecule has 4 heteroatoms. The smallest absolute Gasteiger partial charge is 0.264 e. The maximum atomic E-state index is 11.9. The van der Waals surface area contributed by atoms with E-state index in [1.54, 1.807) is 39.0 Å². The Kier molecular flexibility index (Phi) is 3.88. The molecule has 0 spiro atoms. The van der Waals surface area contributed by atoms with E-state index in [1.807, 2.05) is 0 Å². The summed E-state index contributed by atoms with van der Waals surface area (Å²) in [6.07, 6.45) is -0.372. The molecule has 0 fully saturated rings. The predicted molar refractivity (Wildman–Crippen MR) is 64.6 cm³/mol. The lowest BCUT2D eigenvalue weighted by molar-refractivity contribution is 0.249. The van der Waals surface area contributed by atoms with Crippen molar-refractivity contribution in [2.75, 3.05) is 0 Å². The van der Waals surface area contributed by atoms with Crippen molar-refractivity contribution in [2.24, 2.45) is 0 Å². The molecule has 0 N–H and O–H groups in total. The van der Waals surface area contributed by atoms with E-state index >= 15 is 0 Å². The minimum atomic E-state index is -3.70. The van der Waals surface area contributed by atoms with Crippen LogP contribution in [-0.4, -0.2) is 14.5 Å². The van der Waals surface area contributed by atoms with Gasteiger partial charge in [0.2, 0.25) is 0 Å². The van der Waals surface area contributed by atoms with Gasteiger partial charge in [-0.25, -0.2) is 0 Å². The molecule has 0 heterocycles. The third kappa shape index (κ3) is 2.93. The highest BCUT2D eigenvalue weighted by Crippen LogP contribution is 2.24. The van der Waals surface area contributed by atoms with Crippen molar-refractivity contribution < 1.29 is 12.6 Å². The number of benzene rings is 1. The summed E-state index contributed by atoms with van der Waals surface area (Å²) in [4.78, 5) is 0.177.